The zero-order valence-corrected chi connectivity index (χ0v) is 8.21. The third-order valence-corrected chi connectivity index (χ3v) is 1.66. The van der Waals surface area contributed by atoms with Crippen molar-refractivity contribution in [2.45, 2.75) is 6.42 Å². The van der Waals surface area contributed by atoms with E-state index in [2.05, 4.69) is 24.3 Å². The van der Waals surface area contributed by atoms with Gasteiger partial charge in [-0.25, -0.2) is 0 Å². The predicted molar refractivity (Wildman–Crippen MR) is 63.8 cm³/mol. The Kier molecular flexibility index (Phi) is 6.05. The summed E-state index contributed by atoms with van der Waals surface area (Å²) in [7, 11) is 0. The van der Waals surface area contributed by atoms with Gasteiger partial charge in [0.15, 0.2) is 0 Å². The maximum absolute atomic E-state index is 2.12. The van der Waals surface area contributed by atoms with E-state index < -0.39 is 0 Å². The molecule has 0 N–H and O–H groups in total. The maximum atomic E-state index is 2.12. The minimum atomic E-state index is 0.980. The van der Waals surface area contributed by atoms with Crippen LogP contribution in [0, 0.1) is 6.42 Å². The van der Waals surface area contributed by atoms with Crippen molar-refractivity contribution in [3.8, 4) is 0 Å². The summed E-state index contributed by atoms with van der Waals surface area (Å²) in [6.07, 6.45) is 27.5. The summed E-state index contributed by atoms with van der Waals surface area (Å²) in [5, 5.41) is 0. The lowest BCUT2D eigenvalue weighted by molar-refractivity contribution is 1.39. The second-order valence-corrected chi connectivity index (χ2v) is 2.82. The van der Waals surface area contributed by atoms with E-state index in [-0.39, 0.29) is 0 Å². The Hall–Kier alpha value is -1.56. The van der Waals surface area contributed by atoms with Crippen LogP contribution in [-0.4, -0.2) is 0 Å². The summed E-state index contributed by atoms with van der Waals surface area (Å²) >= 11 is 0. The summed E-state index contributed by atoms with van der Waals surface area (Å²) in [4.78, 5) is 0. The Morgan fingerprint density at radius 2 is 0.857 bits per heavy atom. The number of allylic oxidation sites excluding steroid dienone is 12. The van der Waals surface area contributed by atoms with Crippen molar-refractivity contribution >= 4 is 0 Å². The Bertz CT molecular complexity index is 264. The van der Waals surface area contributed by atoms with Crippen molar-refractivity contribution in [1.82, 2.24) is 0 Å². The lowest BCUT2D eigenvalue weighted by atomic mass is 10.3. The zero-order valence-electron chi connectivity index (χ0n) is 8.21. The Labute approximate surface area is 86.3 Å². The molecule has 0 fully saturated rings. The van der Waals surface area contributed by atoms with Gasteiger partial charge < -0.3 is 0 Å². The van der Waals surface area contributed by atoms with Crippen LogP contribution in [0.3, 0.4) is 0 Å². The van der Waals surface area contributed by atoms with Gasteiger partial charge in [-0.3, -0.25) is 0 Å². The van der Waals surface area contributed by atoms with E-state index >= 15 is 0 Å². The molecule has 0 spiro atoms. The van der Waals surface area contributed by atoms with Gasteiger partial charge >= 0.3 is 0 Å². The van der Waals surface area contributed by atoms with Crippen molar-refractivity contribution in [1.29, 1.82) is 0 Å². The molecule has 1 aliphatic rings. The minimum absolute atomic E-state index is 0.980. The third kappa shape index (κ3) is 6.01. The summed E-state index contributed by atoms with van der Waals surface area (Å²) in [6, 6.07) is 0. The number of hydrogen-bond donors (Lipinski definition) is 0. The molecule has 0 aromatic carbocycles. The lowest BCUT2D eigenvalue weighted by Crippen LogP contribution is -1.61. The molecule has 0 unspecified atom stereocenters. The molecule has 0 saturated carbocycles. The molecular formula is C14H15. The van der Waals surface area contributed by atoms with Crippen LogP contribution in [-0.2, 0) is 0 Å². The molecule has 0 heteroatoms. The highest BCUT2D eigenvalue weighted by Gasteiger charge is 1.71. The quantitative estimate of drug-likeness (QED) is 0.533. The van der Waals surface area contributed by atoms with Crippen LogP contribution in [0.5, 0.6) is 0 Å². The van der Waals surface area contributed by atoms with E-state index in [1.54, 1.807) is 0 Å². The minimum Gasteiger partial charge on any atom is -0.0808 e. The number of rotatable bonds is 0. The molecule has 1 aliphatic carbocycles. The summed E-state index contributed by atoms with van der Waals surface area (Å²) in [5.74, 6) is 0. The van der Waals surface area contributed by atoms with Crippen LogP contribution in [0.25, 0.3) is 0 Å². The topological polar surface area (TPSA) is 0 Å². The third-order valence-electron chi connectivity index (χ3n) is 1.66. The normalized spacial score (nSPS) is 30.9. The molecule has 14 heavy (non-hydrogen) atoms. The van der Waals surface area contributed by atoms with Crippen LogP contribution in [0.2, 0.25) is 0 Å². The zero-order chi connectivity index (χ0) is 9.90. The van der Waals surface area contributed by atoms with Crippen LogP contribution in [0.1, 0.15) is 6.42 Å². The van der Waals surface area contributed by atoms with Gasteiger partial charge in [0.2, 0.25) is 0 Å². The molecule has 1 radical (unpaired) electrons. The molecule has 0 heterocycles. The standard InChI is InChI=1S/C14H15/c1-2-4-6-8-10-12-14-13-11-9-7-5-3-1/h1-13H,14H2/b2-1+,5-3-,8-6+,9-7+,12-10-,13-11+. The fraction of sp³-hybridized carbons (Fsp3) is 0.0714. The maximum Gasteiger partial charge on any atom is 0.00506 e. The second kappa shape index (κ2) is 8.06. The van der Waals surface area contributed by atoms with Gasteiger partial charge in [-0.05, 0) is 6.42 Å². The van der Waals surface area contributed by atoms with Gasteiger partial charge in [0, 0.05) is 6.42 Å². The molecule has 0 aromatic rings. The smallest absolute Gasteiger partial charge is 0.00506 e. The van der Waals surface area contributed by atoms with Gasteiger partial charge in [-0.2, -0.15) is 0 Å². The van der Waals surface area contributed by atoms with Gasteiger partial charge in [0.25, 0.3) is 0 Å². The largest absolute Gasteiger partial charge is 0.0808 e. The van der Waals surface area contributed by atoms with Crippen LogP contribution in [0.15, 0.2) is 72.9 Å². The van der Waals surface area contributed by atoms with Crippen molar-refractivity contribution in [2.75, 3.05) is 0 Å². The first-order valence-corrected chi connectivity index (χ1v) is 4.82. The summed E-state index contributed by atoms with van der Waals surface area (Å²) in [6.45, 7) is 0. The first kappa shape index (κ1) is 10.5. The first-order chi connectivity index (χ1) is 7.00. The lowest BCUT2D eigenvalue weighted by Gasteiger charge is -1.82. The Morgan fingerprint density at radius 1 is 0.429 bits per heavy atom. The highest BCUT2D eigenvalue weighted by Crippen LogP contribution is 1.92. The van der Waals surface area contributed by atoms with Gasteiger partial charge in [-0.15, -0.1) is 0 Å². The molecule has 1 rings (SSSR count). The molecule has 0 aliphatic heterocycles. The molecule has 0 saturated heterocycles. The van der Waals surface area contributed by atoms with Crippen molar-refractivity contribution in [3.63, 3.8) is 0 Å². The highest BCUT2D eigenvalue weighted by atomic mass is 13.8. The average molecular weight is 183 g/mol. The highest BCUT2D eigenvalue weighted by molar-refractivity contribution is 5.21. The Balaban J connectivity index is 2.55. The van der Waals surface area contributed by atoms with Crippen LogP contribution >= 0.6 is 0 Å². The summed E-state index contributed by atoms with van der Waals surface area (Å²) in [5.41, 5.74) is 0. The van der Waals surface area contributed by atoms with E-state index in [1.807, 2.05) is 55.0 Å². The predicted octanol–water partition coefficient (Wildman–Crippen LogP) is 3.93. The van der Waals surface area contributed by atoms with Crippen molar-refractivity contribution in [3.05, 3.63) is 79.3 Å². The summed E-state index contributed by atoms with van der Waals surface area (Å²) < 4.78 is 0. The average Bonchev–Trinajstić information content (AvgIpc) is 2.22. The fourth-order valence-corrected chi connectivity index (χ4v) is 0.970. The molecule has 71 valence electrons. The molecule has 0 amide bonds. The molecular weight excluding hydrogens is 168 g/mol. The van der Waals surface area contributed by atoms with Gasteiger partial charge in [0.05, 0.1) is 0 Å². The second-order valence-electron chi connectivity index (χ2n) is 2.82. The molecule has 0 atom stereocenters. The van der Waals surface area contributed by atoms with Crippen LogP contribution in [0.4, 0.5) is 0 Å². The monoisotopic (exact) mass is 183 g/mol. The van der Waals surface area contributed by atoms with Crippen molar-refractivity contribution in [2.24, 2.45) is 0 Å². The van der Waals surface area contributed by atoms with E-state index in [9.17, 15) is 0 Å². The van der Waals surface area contributed by atoms with E-state index in [1.165, 1.54) is 0 Å². The van der Waals surface area contributed by atoms with E-state index in [0.717, 1.165) is 6.42 Å². The van der Waals surface area contributed by atoms with E-state index in [0.29, 0.717) is 0 Å². The first-order valence-electron chi connectivity index (χ1n) is 4.82. The number of hydrogen-bond acceptors (Lipinski definition) is 0. The van der Waals surface area contributed by atoms with E-state index in [4.69, 9.17) is 0 Å². The van der Waals surface area contributed by atoms with Gasteiger partial charge in [-0.1, -0.05) is 72.9 Å². The fourth-order valence-electron chi connectivity index (χ4n) is 0.970. The SMILES string of the molecule is [CH]1/C=C/C=C\C=C\C=C\C/C=C\C=C\1. The van der Waals surface area contributed by atoms with Gasteiger partial charge in [0.1, 0.15) is 0 Å². The van der Waals surface area contributed by atoms with Crippen molar-refractivity contribution < 1.29 is 0 Å². The molecule has 0 aromatic heterocycles. The molecule has 0 nitrogen and oxygen atoms in total. The Morgan fingerprint density at radius 3 is 1.50 bits per heavy atom. The molecule has 0 bridgehead atoms. The van der Waals surface area contributed by atoms with Crippen LogP contribution < -0.4 is 0 Å².